The number of phenolic OH excluding ortho intramolecular Hbond substituents is 1. The SMILES string of the molecule is O=C1Nc2c(cc(F)c(C(=O)NCc3cnc(-c4ccc(O)cc4)s3)c2F)Sc2ccccc21. The number of nitrogens with one attached hydrogen (secondary N) is 2. The predicted molar refractivity (Wildman–Crippen MR) is 125 cm³/mol. The predicted octanol–water partition coefficient (Wildman–Crippen LogP) is 5.44. The number of thiazole rings is 1. The van der Waals surface area contributed by atoms with Crippen molar-refractivity contribution in [2.45, 2.75) is 16.3 Å². The quantitative estimate of drug-likeness (QED) is 0.351. The van der Waals surface area contributed by atoms with Gasteiger partial charge in [-0.05, 0) is 42.5 Å². The molecule has 0 bridgehead atoms. The Kier molecular flexibility index (Phi) is 5.76. The number of anilines is 1. The van der Waals surface area contributed by atoms with Crippen LogP contribution in [0.15, 0.2) is 70.6 Å². The molecule has 170 valence electrons. The van der Waals surface area contributed by atoms with E-state index in [2.05, 4.69) is 15.6 Å². The lowest BCUT2D eigenvalue weighted by Gasteiger charge is -2.12. The average Bonchev–Trinajstić information content (AvgIpc) is 3.24. The Hall–Kier alpha value is -3.76. The van der Waals surface area contributed by atoms with Gasteiger partial charge in [-0.2, -0.15) is 0 Å². The molecule has 0 unspecified atom stereocenters. The molecule has 2 amide bonds. The zero-order chi connectivity index (χ0) is 23.8. The maximum atomic E-state index is 15.3. The minimum absolute atomic E-state index is 0.0110. The second-order valence-electron chi connectivity index (χ2n) is 7.33. The van der Waals surface area contributed by atoms with Crippen molar-refractivity contribution in [1.29, 1.82) is 0 Å². The molecule has 5 rings (SSSR count). The standard InChI is InChI=1S/C24H15F2N3O3S2/c25-16-9-18-21(29-22(31)15-3-1-2-4-17(15)34-18)20(26)19(16)23(32)27-10-14-11-28-24(33-14)12-5-7-13(30)8-6-12/h1-9,11,30H,10H2,(H,27,32)(H,29,31). The van der Waals surface area contributed by atoms with E-state index < -0.39 is 29.0 Å². The number of carbonyl (C=O) groups is 2. The minimum Gasteiger partial charge on any atom is -0.508 e. The number of carbonyl (C=O) groups excluding carboxylic acids is 2. The first-order chi connectivity index (χ1) is 16.4. The average molecular weight is 496 g/mol. The Bertz CT molecular complexity index is 1440. The molecule has 0 saturated heterocycles. The summed E-state index contributed by atoms with van der Waals surface area (Å²) >= 11 is 2.35. The van der Waals surface area contributed by atoms with Crippen LogP contribution in [0.1, 0.15) is 25.6 Å². The van der Waals surface area contributed by atoms with Crippen molar-refractivity contribution in [2.75, 3.05) is 5.32 Å². The number of rotatable bonds is 4. The highest BCUT2D eigenvalue weighted by atomic mass is 32.2. The van der Waals surface area contributed by atoms with Gasteiger partial charge >= 0.3 is 0 Å². The normalized spacial score (nSPS) is 12.4. The Labute approximate surface area is 200 Å². The number of hydrogen-bond donors (Lipinski definition) is 3. The second kappa shape index (κ2) is 8.88. The van der Waals surface area contributed by atoms with Crippen molar-refractivity contribution in [3.8, 4) is 16.3 Å². The Balaban J connectivity index is 1.37. The maximum Gasteiger partial charge on any atom is 0.257 e. The molecule has 34 heavy (non-hydrogen) atoms. The molecular formula is C24H15F2N3O3S2. The van der Waals surface area contributed by atoms with E-state index >= 15 is 4.39 Å². The van der Waals surface area contributed by atoms with Gasteiger partial charge in [0.2, 0.25) is 0 Å². The summed E-state index contributed by atoms with van der Waals surface area (Å²) < 4.78 is 30.1. The van der Waals surface area contributed by atoms with Crippen molar-refractivity contribution in [1.82, 2.24) is 10.3 Å². The summed E-state index contributed by atoms with van der Waals surface area (Å²) in [5.41, 5.74) is 0.126. The Morgan fingerprint density at radius 2 is 1.85 bits per heavy atom. The first-order valence-corrected chi connectivity index (χ1v) is 11.7. The number of phenols is 1. The molecule has 0 radical (unpaired) electrons. The van der Waals surface area contributed by atoms with Gasteiger partial charge in [0.05, 0.1) is 17.8 Å². The van der Waals surface area contributed by atoms with Crippen molar-refractivity contribution >= 4 is 40.6 Å². The molecule has 0 saturated carbocycles. The molecule has 4 aromatic rings. The van der Waals surface area contributed by atoms with E-state index in [0.717, 1.165) is 23.4 Å². The van der Waals surface area contributed by atoms with Crippen LogP contribution in [0.3, 0.4) is 0 Å². The summed E-state index contributed by atoms with van der Waals surface area (Å²) in [6, 6.07) is 14.2. The number of benzene rings is 3. The Morgan fingerprint density at radius 3 is 2.65 bits per heavy atom. The van der Waals surface area contributed by atoms with Crippen LogP contribution in [0.5, 0.6) is 5.75 Å². The molecule has 0 fully saturated rings. The van der Waals surface area contributed by atoms with Gasteiger partial charge in [0.15, 0.2) is 5.82 Å². The summed E-state index contributed by atoms with van der Waals surface area (Å²) in [6.07, 6.45) is 1.56. The molecule has 0 atom stereocenters. The van der Waals surface area contributed by atoms with Crippen LogP contribution in [-0.4, -0.2) is 21.9 Å². The number of fused-ring (bicyclic) bond motifs is 2. The van der Waals surface area contributed by atoms with Crippen LogP contribution in [0, 0.1) is 11.6 Å². The van der Waals surface area contributed by atoms with Crippen LogP contribution >= 0.6 is 23.1 Å². The van der Waals surface area contributed by atoms with Crippen molar-refractivity contribution in [3.05, 3.63) is 88.4 Å². The summed E-state index contributed by atoms with van der Waals surface area (Å²) in [7, 11) is 0. The molecule has 2 heterocycles. The maximum absolute atomic E-state index is 15.3. The topological polar surface area (TPSA) is 91.3 Å². The molecule has 1 aromatic heterocycles. The van der Waals surface area contributed by atoms with Gasteiger partial charge in [0.25, 0.3) is 11.8 Å². The first kappa shape index (κ1) is 22.1. The lowest BCUT2D eigenvalue weighted by atomic mass is 10.1. The van der Waals surface area contributed by atoms with Gasteiger partial charge in [0, 0.05) is 26.4 Å². The third-order valence-electron chi connectivity index (χ3n) is 5.09. The molecule has 3 aromatic carbocycles. The van der Waals surface area contributed by atoms with Crippen LogP contribution in [-0.2, 0) is 6.54 Å². The molecular weight excluding hydrogens is 480 g/mol. The van der Waals surface area contributed by atoms with Gasteiger partial charge in [-0.3, -0.25) is 9.59 Å². The molecule has 1 aliphatic heterocycles. The van der Waals surface area contributed by atoms with Gasteiger partial charge in [-0.15, -0.1) is 11.3 Å². The molecule has 0 spiro atoms. The van der Waals surface area contributed by atoms with Gasteiger partial charge in [-0.25, -0.2) is 13.8 Å². The minimum atomic E-state index is -1.13. The van der Waals surface area contributed by atoms with E-state index in [1.807, 2.05) is 0 Å². The molecule has 6 nitrogen and oxygen atoms in total. The third-order valence-corrected chi connectivity index (χ3v) is 7.25. The number of amides is 2. The van der Waals surface area contributed by atoms with E-state index in [1.165, 1.54) is 23.5 Å². The number of aromatic nitrogens is 1. The number of hydrogen-bond acceptors (Lipinski definition) is 6. The molecule has 3 N–H and O–H groups in total. The van der Waals surface area contributed by atoms with E-state index in [0.29, 0.717) is 20.3 Å². The molecule has 0 aliphatic carbocycles. The van der Waals surface area contributed by atoms with E-state index in [1.54, 1.807) is 42.6 Å². The zero-order valence-corrected chi connectivity index (χ0v) is 18.9. The van der Waals surface area contributed by atoms with Crippen LogP contribution in [0.25, 0.3) is 10.6 Å². The monoisotopic (exact) mass is 495 g/mol. The fourth-order valence-electron chi connectivity index (χ4n) is 3.43. The zero-order valence-electron chi connectivity index (χ0n) is 17.3. The molecule has 1 aliphatic rings. The van der Waals surface area contributed by atoms with Crippen LogP contribution in [0.2, 0.25) is 0 Å². The summed E-state index contributed by atoms with van der Waals surface area (Å²) in [5.74, 6) is -3.50. The lowest BCUT2D eigenvalue weighted by molar-refractivity contribution is 0.0941. The highest BCUT2D eigenvalue weighted by molar-refractivity contribution is 7.99. The highest BCUT2D eigenvalue weighted by Gasteiger charge is 2.28. The van der Waals surface area contributed by atoms with Gasteiger partial charge in [0.1, 0.15) is 22.1 Å². The first-order valence-electron chi connectivity index (χ1n) is 10.0. The fraction of sp³-hybridized carbons (Fsp3) is 0.0417. The van der Waals surface area contributed by atoms with Crippen molar-refractivity contribution in [3.63, 3.8) is 0 Å². The number of nitrogens with zero attached hydrogens (tertiary/aromatic N) is 1. The van der Waals surface area contributed by atoms with E-state index in [-0.39, 0.29) is 22.9 Å². The summed E-state index contributed by atoms with van der Waals surface area (Å²) in [6.45, 7) is 0.0110. The summed E-state index contributed by atoms with van der Waals surface area (Å²) in [4.78, 5) is 30.9. The molecule has 10 heteroatoms. The van der Waals surface area contributed by atoms with Crippen LogP contribution in [0.4, 0.5) is 14.5 Å². The van der Waals surface area contributed by atoms with E-state index in [4.69, 9.17) is 0 Å². The largest absolute Gasteiger partial charge is 0.508 e. The Morgan fingerprint density at radius 1 is 1.09 bits per heavy atom. The van der Waals surface area contributed by atoms with Crippen LogP contribution < -0.4 is 10.6 Å². The number of aromatic hydroxyl groups is 1. The summed E-state index contributed by atoms with van der Waals surface area (Å²) in [5, 5.41) is 15.1. The lowest BCUT2D eigenvalue weighted by Crippen LogP contribution is -2.25. The highest BCUT2D eigenvalue weighted by Crippen LogP contribution is 2.41. The van der Waals surface area contributed by atoms with Gasteiger partial charge < -0.3 is 15.7 Å². The third kappa shape index (κ3) is 4.13. The smallest absolute Gasteiger partial charge is 0.257 e. The van der Waals surface area contributed by atoms with Gasteiger partial charge in [-0.1, -0.05) is 23.9 Å². The number of halogens is 2. The fourth-order valence-corrected chi connectivity index (χ4v) is 5.34. The van der Waals surface area contributed by atoms with E-state index in [9.17, 15) is 19.1 Å². The van der Waals surface area contributed by atoms with Crippen molar-refractivity contribution < 1.29 is 23.5 Å². The second-order valence-corrected chi connectivity index (χ2v) is 9.53. The van der Waals surface area contributed by atoms with Crippen molar-refractivity contribution in [2.24, 2.45) is 0 Å².